The van der Waals surface area contributed by atoms with Crippen LogP contribution in [0.2, 0.25) is 0 Å². The van der Waals surface area contributed by atoms with E-state index >= 15 is 0 Å². The number of hydrogen-bond acceptors (Lipinski definition) is 4. The van der Waals surface area contributed by atoms with Crippen molar-refractivity contribution in [2.75, 3.05) is 7.11 Å². The van der Waals surface area contributed by atoms with E-state index in [0.29, 0.717) is 16.8 Å². The molecule has 0 aliphatic rings. The van der Waals surface area contributed by atoms with Gasteiger partial charge in [0.1, 0.15) is 5.75 Å². The fourth-order valence-corrected chi connectivity index (χ4v) is 1.94. The van der Waals surface area contributed by atoms with Crippen molar-refractivity contribution >= 4 is 5.97 Å². The molecule has 6 heteroatoms. The molecular formula is C17H19F2NO3. The third-order valence-corrected chi connectivity index (χ3v) is 2.84. The summed E-state index contributed by atoms with van der Waals surface area (Å²) in [6.07, 6.45) is 1.36. The maximum Gasteiger partial charge on any atom is 0.387 e. The molecule has 0 unspecified atom stereocenters. The molecule has 0 radical (unpaired) electrons. The van der Waals surface area contributed by atoms with Crippen molar-refractivity contribution in [3.63, 3.8) is 0 Å². The number of pyridine rings is 1. The number of aromatic nitrogens is 1. The van der Waals surface area contributed by atoms with Crippen LogP contribution in [-0.4, -0.2) is 24.7 Å². The molecule has 0 aliphatic heterocycles. The van der Waals surface area contributed by atoms with Crippen LogP contribution in [0, 0.1) is 6.92 Å². The van der Waals surface area contributed by atoms with Gasteiger partial charge in [0.2, 0.25) is 0 Å². The Morgan fingerprint density at radius 1 is 1.17 bits per heavy atom. The smallest absolute Gasteiger partial charge is 0.387 e. The molecule has 0 saturated carbocycles. The second-order valence-electron chi connectivity index (χ2n) is 4.24. The molecule has 0 fully saturated rings. The van der Waals surface area contributed by atoms with Crippen molar-refractivity contribution in [1.82, 2.24) is 4.98 Å². The van der Waals surface area contributed by atoms with Crippen LogP contribution in [0.15, 0.2) is 36.5 Å². The zero-order chi connectivity index (χ0) is 17.4. The number of benzene rings is 1. The van der Waals surface area contributed by atoms with Crippen molar-refractivity contribution in [1.29, 1.82) is 0 Å². The highest BCUT2D eigenvalue weighted by Crippen LogP contribution is 2.33. The molecule has 0 saturated heterocycles. The largest absolute Gasteiger partial charge is 0.465 e. The molecule has 1 aromatic heterocycles. The quantitative estimate of drug-likeness (QED) is 0.779. The average Bonchev–Trinajstić information content (AvgIpc) is 2.56. The highest BCUT2D eigenvalue weighted by Gasteiger charge is 2.18. The standard InChI is InChI=1S/C15H13F2NO3.C2H6/c1-9-7-11(12(8-18-9)14(19)20-2)10-5-3-4-6-13(10)21-15(16)17;1-2/h3-8,15H,1-2H3;1-2H3. The fraction of sp³-hybridized carbons (Fsp3) is 0.294. The van der Waals surface area contributed by atoms with Gasteiger partial charge in [-0.25, -0.2) is 4.79 Å². The molecule has 23 heavy (non-hydrogen) atoms. The Morgan fingerprint density at radius 3 is 2.43 bits per heavy atom. The van der Waals surface area contributed by atoms with Gasteiger partial charge in [0.25, 0.3) is 0 Å². The molecule has 0 aliphatic carbocycles. The first-order chi connectivity index (χ1) is 11.0. The highest BCUT2D eigenvalue weighted by atomic mass is 19.3. The summed E-state index contributed by atoms with van der Waals surface area (Å²) in [5, 5.41) is 0. The first-order valence-corrected chi connectivity index (χ1v) is 7.12. The number of rotatable bonds is 4. The Kier molecular flexibility index (Phi) is 7.12. The highest BCUT2D eigenvalue weighted by molar-refractivity contribution is 5.97. The van der Waals surface area contributed by atoms with E-state index in [9.17, 15) is 13.6 Å². The monoisotopic (exact) mass is 323 g/mol. The maximum absolute atomic E-state index is 12.5. The molecule has 2 rings (SSSR count). The number of aryl methyl sites for hydroxylation is 1. The minimum atomic E-state index is -2.95. The van der Waals surface area contributed by atoms with Crippen molar-refractivity contribution in [2.45, 2.75) is 27.4 Å². The predicted octanol–water partition coefficient (Wildman–Crippen LogP) is 4.47. The van der Waals surface area contributed by atoms with Crippen LogP contribution in [0.25, 0.3) is 11.1 Å². The Hall–Kier alpha value is -2.50. The van der Waals surface area contributed by atoms with Crippen molar-refractivity contribution in [3.05, 3.63) is 47.8 Å². The van der Waals surface area contributed by atoms with Crippen LogP contribution in [0.5, 0.6) is 5.75 Å². The van der Waals surface area contributed by atoms with Gasteiger partial charge in [-0.05, 0) is 19.1 Å². The van der Waals surface area contributed by atoms with Gasteiger partial charge in [0.15, 0.2) is 0 Å². The van der Waals surface area contributed by atoms with E-state index in [-0.39, 0.29) is 11.3 Å². The van der Waals surface area contributed by atoms with Gasteiger partial charge in [0, 0.05) is 23.0 Å². The van der Waals surface area contributed by atoms with Gasteiger partial charge < -0.3 is 9.47 Å². The lowest BCUT2D eigenvalue weighted by Gasteiger charge is -2.13. The molecule has 1 heterocycles. The van der Waals surface area contributed by atoms with Crippen molar-refractivity contribution < 1.29 is 23.0 Å². The molecule has 0 N–H and O–H groups in total. The maximum atomic E-state index is 12.5. The van der Waals surface area contributed by atoms with E-state index < -0.39 is 12.6 Å². The predicted molar refractivity (Wildman–Crippen MR) is 83.7 cm³/mol. The Bertz CT molecular complexity index is 660. The van der Waals surface area contributed by atoms with E-state index in [1.54, 1.807) is 31.2 Å². The second kappa shape index (κ2) is 8.82. The number of esters is 1. The Morgan fingerprint density at radius 2 is 1.83 bits per heavy atom. The van der Waals surface area contributed by atoms with E-state index in [4.69, 9.17) is 4.74 Å². The molecule has 124 valence electrons. The van der Waals surface area contributed by atoms with E-state index in [1.165, 1.54) is 19.4 Å². The summed E-state index contributed by atoms with van der Waals surface area (Å²) in [5.41, 5.74) is 1.65. The number of alkyl halides is 2. The zero-order valence-corrected chi connectivity index (χ0v) is 13.5. The van der Waals surface area contributed by atoms with E-state index in [2.05, 4.69) is 9.72 Å². The summed E-state index contributed by atoms with van der Waals surface area (Å²) in [4.78, 5) is 15.8. The van der Waals surface area contributed by atoms with Crippen LogP contribution < -0.4 is 4.74 Å². The molecule has 2 aromatic rings. The molecule has 1 aromatic carbocycles. The number of nitrogens with zero attached hydrogens (tertiary/aromatic N) is 1. The van der Waals surface area contributed by atoms with Crippen LogP contribution in [0.1, 0.15) is 29.9 Å². The summed E-state index contributed by atoms with van der Waals surface area (Å²) in [6.45, 7) is 2.79. The number of carbonyl (C=O) groups excluding carboxylic acids is 1. The van der Waals surface area contributed by atoms with Gasteiger partial charge in [0.05, 0.1) is 12.7 Å². The third-order valence-electron chi connectivity index (χ3n) is 2.84. The summed E-state index contributed by atoms with van der Waals surface area (Å²) in [6, 6.07) is 7.88. The van der Waals surface area contributed by atoms with Crippen LogP contribution in [0.3, 0.4) is 0 Å². The van der Waals surface area contributed by atoms with Crippen LogP contribution >= 0.6 is 0 Å². The summed E-state index contributed by atoms with van der Waals surface area (Å²) < 4.78 is 34.2. The number of carbonyl (C=O) groups is 1. The summed E-state index contributed by atoms with van der Waals surface area (Å²) in [7, 11) is 1.24. The molecule has 0 atom stereocenters. The van der Waals surface area contributed by atoms with Gasteiger partial charge in [-0.1, -0.05) is 32.0 Å². The lowest BCUT2D eigenvalue weighted by Crippen LogP contribution is -2.07. The third kappa shape index (κ3) is 4.74. The fourth-order valence-electron chi connectivity index (χ4n) is 1.94. The number of hydrogen-bond donors (Lipinski definition) is 0. The number of para-hydroxylation sites is 1. The summed E-state index contributed by atoms with van der Waals surface area (Å²) >= 11 is 0. The molecule has 0 bridgehead atoms. The topological polar surface area (TPSA) is 48.4 Å². The molecule has 0 spiro atoms. The zero-order valence-electron chi connectivity index (χ0n) is 13.5. The van der Waals surface area contributed by atoms with Gasteiger partial charge >= 0.3 is 12.6 Å². The molecule has 4 nitrogen and oxygen atoms in total. The van der Waals surface area contributed by atoms with E-state index in [1.807, 2.05) is 13.8 Å². The second-order valence-corrected chi connectivity index (χ2v) is 4.24. The van der Waals surface area contributed by atoms with Crippen molar-refractivity contribution in [2.24, 2.45) is 0 Å². The minimum Gasteiger partial charge on any atom is -0.465 e. The van der Waals surface area contributed by atoms with Crippen LogP contribution in [-0.2, 0) is 4.74 Å². The summed E-state index contributed by atoms with van der Waals surface area (Å²) in [5.74, 6) is -0.604. The minimum absolute atomic E-state index is 0.0109. The normalized spacial score (nSPS) is 9.87. The molecular weight excluding hydrogens is 304 g/mol. The van der Waals surface area contributed by atoms with Gasteiger partial charge in [-0.15, -0.1) is 0 Å². The van der Waals surface area contributed by atoms with Gasteiger partial charge in [-0.3, -0.25) is 4.98 Å². The molecule has 0 amide bonds. The van der Waals surface area contributed by atoms with Crippen molar-refractivity contribution in [3.8, 4) is 16.9 Å². The van der Waals surface area contributed by atoms with Crippen LogP contribution in [0.4, 0.5) is 8.78 Å². The number of halogens is 2. The lowest BCUT2D eigenvalue weighted by atomic mass is 10.00. The first kappa shape index (κ1) is 18.5. The number of ether oxygens (including phenoxy) is 2. The SMILES string of the molecule is CC.COC(=O)c1cnc(C)cc1-c1ccccc1OC(F)F. The lowest BCUT2D eigenvalue weighted by molar-refractivity contribution is -0.0494. The number of methoxy groups -OCH3 is 1. The Balaban J connectivity index is 0.00000127. The Labute approximate surface area is 134 Å². The van der Waals surface area contributed by atoms with Gasteiger partial charge in [-0.2, -0.15) is 8.78 Å². The first-order valence-electron chi connectivity index (χ1n) is 7.12. The van der Waals surface area contributed by atoms with E-state index in [0.717, 1.165) is 0 Å². The average molecular weight is 323 g/mol.